The maximum Gasteiger partial charge on any atom is 0.162 e. The Labute approximate surface area is 160 Å². The predicted molar refractivity (Wildman–Crippen MR) is 98.7 cm³/mol. The molecule has 0 amide bonds. The number of aliphatic hydroxyl groups excluding tert-OH is 1. The smallest absolute Gasteiger partial charge is 0.162 e. The van der Waals surface area contributed by atoms with Gasteiger partial charge in [-0.2, -0.15) is 0 Å². The number of hydrogen-bond donors (Lipinski definition) is 2. The summed E-state index contributed by atoms with van der Waals surface area (Å²) >= 11 is 0. The Hall–Kier alpha value is -0.810. The summed E-state index contributed by atoms with van der Waals surface area (Å²) in [5, 5.41) is 22.6. The first-order valence-corrected chi connectivity index (χ1v) is 10.5. The first-order chi connectivity index (χ1) is 12.4. The summed E-state index contributed by atoms with van der Waals surface area (Å²) in [6, 6.07) is 0. The van der Waals surface area contributed by atoms with Crippen LogP contribution in [0.3, 0.4) is 0 Å². The molecular weight excluding hydrogens is 347 g/mol. The van der Waals surface area contributed by atoms with E-state index in [1.807, 2.05) is 20.8 Å². The van der Waals surface area contributed by atoms with Crippen LogP contribution in [0.15, 0.2) is 0 Å². The zero-order valence-electron chi connectivity index (χ0n) is 16.9. The lowest BCUT2D eigenvalue weighted by molar-refractivity contribution is -0.254. The van der Waals surface area contributed by atoms with Gasteiger partial charge in [-0.15, -0.1) is 0 Å². The molecule has 4 nitrogen and oxygen atoms in total. The molecule has 152 valence electrons. The lowest BCUT2D eigenvalue weighted by Gasteiger charge is -2.65. The molecule has 0 spiro atoms. The SMILES string of the molecule is CC(=O)[C@@]1(O)[C@H](C)C[C@H]2[C@@H]3CC[C@H]4CC(=O)CC[C@]4(C)[C@@]3(F)[C@@H](O)C[C@@]21C. The molecule has 2 N–H and O–H groups in total. The van der Waals surface area contributed by atoms with E-state index in [1.165, 1.54) is 6.92 Å². The standard InChI is InChI=1S/C22H33FO4/c1-12-9-17-16-6-5-14-10-15(25)7-8-19(14,3)21(16,23)18(26)11-20(17,4)22(12,27)13(2)24/h12,14,16-18,26-27H,5-11H2,1-4H3/t12-,14+,16+,17+,18+,19+,20+,21+,22+/m1/s1. The minimum Gasteiger partial charge on any atom is -0.390 e. The van der Waals surface area contributed by atoms with Gasteiger partial charge in [-0.3, -0.25) is 9.59 Å². The monoisotopic (exact) mass is 380 g/mol. The lowest BCUT2D eigenvalue weighted by atomic mass is 9.42. The molecule has 0 aliphatic heterocycles. The Bertz CT molecular complexity index is 694. The summed E-state index contributed by atoms with van der Waals surface area (Å²) in [6.07, 6.45) is 2.16. The summed E-state index contributed by atoms with van der Waals surface area (Å²) in [5.41, 5.74) is -4.81. The highest BCUT2D eigenvalue weighted by atomic mass is 19.1. The van der Waals surface area contributed by atoms with Gasteiger partial charge in [-0.05, 0) is 62.7 Å². The van der Waals surface area contributed by atoms with Crippen molar-refractivity contribution in [1.29, 1.82) is 0 Å². The van der Waals surface area contributed by atoms with Gasteiger partial charge in [0, 0.05) is 23.7 Å². The topological polar surface area (TPSA) is 74.6 Å². The van der Waals surface area contributed by atoms with Crippen LogP contribution in [0.4, 0.5) is 4.39 Å². The molecular formula is C22H33FO4. The first-order valence-electron chi connectivity index (χ1n) is 10.5. The Morgan fingerprint density at radius 3 is 2.48 bits per heavy atom. The van der Waals surface area contributed by atoms with Crippen LogP contribution < -0.4 is 0 Å². The number of halogens is 1. The molecule has 4 rings (SSSR count). The molecule has 4 aliphatic rings. The third-order valence-corrected chi connectivity index (χ3v) is 9.67. The molecule has 4 aliphatic carbocycles. The van der Waals surface area contributed by atoms with Crippen LogP contribution >= 0.6 is 0 Å². The summed E-state index contributed by atoms with van der Waals surface area (Å²) in [6.45, 7) is 7.10. The van der Waals surface area contributed by atoms with Gasteiger partial charge in [-0.1, -0.05) is 20.8 Å². The molecule has 5 heteroatoms. The van der Waals surface area contributed by atoms with E-state index in [4.69, 9.17) is 0 Å². The molecule has 0 bridgehead atoms. The van der Waals surface area contributed by atoms with E-state index in [2.05, 4.69) is 0 Å². The normalized spacial score (nSPS) is 57.6. The van der Waals surface area contributed by atoms with Crippen molar-refractivity contribution >= 4 is 11.6 Å². The van der Waals surface area contributed by atoms with Crippen molar-refractivity contribution in [3.63, 3.8) is 0 Å². The van der Waals surface area contributed by atoms with E-state index >= 15 is 4.39 Å². The highest BCUT2D eigenvalue weighted by Gasteiger charge is 2.75. The summed E-state index contributed by atoms with van der Waals surface area (Å²) in [7, 11) is 0. The first kappa shape index (κ1) is 19.5. The fraction of sp³-hybridized carbons (Fsp3) is 0.909. The van der Waals surface area contributed by atoms with Crippen molar-refractivity contribution in [2.24, 2.45) is 34.5 Å². The third kappa shape index (κ3) is 2.06. The Kier molecular flexibility index (Phi) is 4.06. The zero-order chi connectivity index (χ0) is 20.0. The molecule has 0 heterocycles. The molecule has 0 radical (unpaired) electrons. The Balaban J connectivity index is 1.80. The number of aliphatic hydroxyl groups is 2. The van der Waals surface area contributed by atoms with Gasteiger partial charge < -0.3 is 10.2 Å². The molecule has 0 aromatic carbocycles. The van der Waals surface area contributed by atoms with Crippen molar-refractivity contribution in [2.45, 2.75) is 90.0 Å². The second-order valence-electron chi connectivity index (χ2n) is 10.5. The molecule has 9 atom stereocenters. The lowest BCUT2D eigenvalue weighted by Crippen LogP contribution is -2.71. The van der Waals surface area contributed by atoms with Crippen LogP contribution in [0.25, 0.3) is 0 Å². The molecule has 0 aromatic rings. The molecule has 0 saturated heterocycles. The number of carbonyl (C=O) groups excluding carboxylic acids is 2. The quantitative estimate of drug-likeness (QED) is 0.732. The van der Waals surface area contributed by atoms with Crippen LogP contribution in [0.1, 0.15) is 72.6 Å². The number of hydrogen-bond acceptors (Lipinski definition) is 4. The molecule has 4 fully saturated rings. The van der Waals surface area contributed by atoms with E-state index in [9.17, 15) is 19.8 Å². The zero-order valence-corrected chi connectivity index (χ0v) is 16.9. The molecule has 0 aromatic heterocycles. The minimum atomic E-state index is -1.76. The van der Waals surface area contributed by atoms with E-state index in [1.54, 1.807) is 0 Å². The summed E-state index contributed by atoms with van der Waals surface area (Å²) in [4.78, 5) is 24.4. The van der Waals surface area contributed by atoms with Gasteiger partial charge in [0.05, 0.1) is 6.10 Å². The van der Waals surface area contributed by atoms with Gasteiger partial charge in [0.15, 0.2) is 5.78 Å². The molecule has 27 heavy (non-hydrogen) atoms. The average molecular weight is 381 g/mol. The van der Waals surface area contributed by atoms with Crippen LogP contribution in [0, 0.1) is 34.5 Å². The Morgan fingerprint density at radius 2 is 1.85 bits per heavy atom. The third-order valence-electron chi connectivity index (χ3n) is 9.67. The predicted octanol–water partition coefficient (Wildman–Crippen LogP) is 3.23. The maximum atomic E-state index is 16.9. The van der Waals surface area contributed by atoms with Crippen LogP contribution in [-0.2, 0) is 9.59 Å². The fourth-order valence-electron chi connectivity index (χ4n) is 8.14. The van der Waals surface area contributed by atoms with E-state index < -0.39 is 28.2 Å². The van der Waals surface area contributed by atoms with Crippen molar-refractivity contribution < 1.29 is 24.2 Å². The number of ketones is 2. The van der Waals surface area contributed by atoms with Crippen molar-refractivity contribution in [3.8, 4) is 0 Å². The average Bonchev–Trinajstić information content (AvgIpc) is 2.79. The van der Waals surface area contributed by atoms with Gasteiger partial charge >= 0.3 is 0 Å². The van der Waals surface area contributed by atoms with Crippen molar-refractivity contribution in [3.05, 3.63) is 0 Å². The van der Waals surface area contributed by atoms with Crippen LogP contribution in [0.2, 0.25) is 0 Å². The van der Waals surface area contributed by atoms with Crippen molar-refractivity contribution in [2.75, 3.05) is 0 Å². The largest absolute Gasteiger partial charge is 0.390 e. The number of Topliss-reactive ketones (excluding diaryl/α,β-unsaturated/α-hetero) is 2. The van der Waals surface area contributed by atoms with E-state index in [0.717, 1.165) is 6.42 Å². The molecule has 4 saturated carbocycles. The highest BCUT2D eigenvalue weighted by Crippen LogP contribution is 2.71. The van der Waals surface area contributed by atoms with Crippen LogP contribution in [-0.4, -0.2) is 39.2 Å². The molecule has 0 unspecified atom stereocenters. The van der Waals surface area contributed by atoms with Gasteiger partial charge in [0.25, 0.3) is 0 Å². The summed E-state index contributed by atoms with van der Waals surface area (Å²) < 4.78 is 16.9. The Morgan fingerprint density at radius 1 is 1.19 bits per heavy atom. The second kappa shape index (κ2) is 5.63. The minimum absolute atomic E-state index is 0.0236. The number of carbonyl (C=O) groups is 2. The number of alkyl halides is 1. The fourth-order valence-corrected chi connectivity index (χ4v) is 8.14. The summed E-state index contributed by atoms with van der Waals surface area (Å²) in [5.74, 6) is -0.860. The highest BCUT2D eigenvalue weighted by molar-refractivity contribution is 5.86. The van der Waals surface area contributed by atoms with Crippen molar-refractivity contribution in [1.82, 2.24) is 0 Å². The van der Waals surface area contributed by atoms with Gasteiger partial charge in [0.1, 0.15) is 17.1 Å². The van der Waals surface area contributed by atoms with Gasteiger partial charge in [-0.25, -0.2) is 4.39 Å². The van der Waals surface area contributed by atoms with Crippen LogP contribution in [0.5, 0.6) is 0 Å². The number of rotatable bonds is 1. The van der Waals surface area contributed by atoms with Gasteiger partial charge in [0.2, 0.25) is 0 Å². The second-order valence-corrected chi connectivity index (χ2v) is 10.5. The maximum absolute atomic E-state index is 16.9. The van der Waals surface area contributed by atoms with E-state index in [-0.39, 0.29) is 41.7 Å². The van der Waals surface area contributed by atoms with E-state index in [0.29, 0.717) is 32.1 Å². The number of fused-ring (bicyclic) bond motifs is 5.